The Balaban J connectivity index is 3.12. The van der Waals surface area contributed by atoms with E-state index in [1.165, 1.54) is 0 Å². The number of hydrogen-bond donors (Lipinski definition) is 0. The van der Waals surface area contributed by atoms with Gasteiger partial charge in [0.15, 0.2) is 0 Å². The molecule has 11 heavy (non-hydrogen) atoms. The lowest BCUT2D eigenvalue weighted by Gasteiger charge is -1.96. The fourth-order valence-corrected chi connectivity index (χ4v) is 1.10. The van der Waals surface area contributed by atoms with Gasteiger partial charge in [-0.1, -0.05) is 0 Å². The molecule has 1 aromatic heterocycles. The minimum Gasteiger partial charge on any atom is -0.274 e. The Morgan fingerprint density at radius 1 is 1.82 bits per heavy atom. The summed E-state index contributed by atoms with van der Waals surface area (Å²) in [6.45, 7) is 4.41. The van der Waals surface area contributed by atoms with Gasteiger partial charge in [0.2, 0.25) is 0 Å². The Labute approximate surface area is 70.0 Å². The standard InChI is InChI=1S/C7H9ClN2O/c1-3-10-6(7(8)11)4-5(2)9-10/h4H,3H2,1-2H3. The number of nitrogens with zero attached hydrogens (tertiary/aromatic N) is 2. The van der Waals surface area contributed by atoms with Crippen LogP contribution in [0.4, 0.5) is 0 Å². The van der Waals surface area contributed by atoms with E-state index in [1.54, 1.807) is 10.7 Å². The molecule has 0 saturated carbocycles. The number of hydrogen-bond acceptors (Lipinski definition) is 2. The molecule has 0 unspecified atom stereocenters. The molecule has 1 aromatic rings. The molecule has 0 aliphatic carbocycles. The monoisotopic (exact) mass is 172 g/mol. The van der Waals surface area contributed by atoms with Gasteiger partial charge in [0, 0.05) is 6.54 Å². The summed E-state index contributed by atoms with van der Waals surface area (Å²) in [4.78, 5) is 10.7. The molecule has 1 heterocycles. The van der Waals surface area contributed by atoms with Crippen LogP contribution in [0.25, 0.3) is 0 Å². The lowest BCUT2D eigenvalue weighted by Crippen LogP contribution is -2.04. The van der Waals surface area contributed by atoms with Crippen molar-refractivity contribution in [3.05, 3.63) is 17.5 Å². The second kappa shape index (κ2) is 3.05. The maximum atomic E-state index is 10.7. The molecule has 1 rings (SSSR count). The van der Waals surface area contributed by atoms with Gasteiger partial charge >= 0.3 is 0 Å². The third-order valence-electron chi connectivity index (χ3n) is 1.40. The van der Waals surface area contributed by atoms with Gasteiger partial charge < -0.3 is 0 Å². The second-order valence-electron chi connectivity index (χ2n) is 2.26. The van der Waals surface area contributed by atoms with Crippen molar-refractivity contribution in [3.63, 3.8) is 0 Å². The summed E-state index contributed by atoms with van der Waals surface area (Å²) in [6.07, 6.45) is 0. The van der Waals surface area contributed by atoms with Crippen LogP contribution in [0, 0.1) is 6.92 Å². The predicted octanol–water partition coefficient (Wildman–Crippen LogP) is 1.59. The first-order valence-corrected chi connectivity index (χ1v) is 3.77. The van der Waals surface area contributed by atoms with Crippen LogP contribution >= 0.6 is 11.6 Å². The Kier molecular flexibility index (Phi) is 2.29. The van der Waals surface area contributed by atoms with Crippen molar-refractivity contribution in [1.29, 1.82) is 0 Å². The zero-order chi connectivity index (χ0) is 8.43. The molecule has 0 spiro atoms. The van der Waals surface area contributed by atoms with Crippen molar-refractivity contribution in [2.24, 2.45) is 0 Å². The van der Waals surface area contributed by atoms with Crippen LogP contribution in [0.1, 0.15) is 23.1 Å². The zero-order valence-corrected chi connectivity index (χ0v) is 7.22. The second-order valence-corrected chi connectivity index (χ2v) is 2.60. The van der Waals surface area contributed by atoms with E-state index in [9.17, 15) is 4.79 Å². The molecule has 3 nitrogen and oxygen atoms in total. The first-order valence-electron chi connectivity index (χ1n) is 3.39. The van der Waals surface area contributed by atoms with Crippen LogP contribution in [0.2, 0.25) is 0 Å². The number of halogens is 1. The quantitative estimate of drug-likeness (QED) is 0.635. The highest BCUT2D eigenvalue weighted by molar-refractivity contribution is 6.67. The van der Waals surface area contributed by atoms with E-state index in [0.29, 0.717) is 12.2 Å². The van der Waals surface area contributed by atoms with Gasteiger partial charge in [0.1, 0.15) is 5.69 Å². The molecular weight excluding hydrogens is 164 g/mol. The summed E-state index contributed by atoms with van der Waals surface area (Å²) in [7, 11) is 0. The van der Waals surface area contributed by atoms with Crippen molar-refractivity contribution < 1.29 is 4.79 Å². The molecule has 0 aromatic carbocycles. The van der Waals surface area contributed by atoms with E-state index in [1.807, 2.05) is 13.8 Å². The van der Waals surface area contributed by atoms with Gasteiger partial charge in [-0.05, 0) is 31.5 Å². The Bertz CT molecular complexity index is 280. The molecule has 0 bridgehead atoms. The van der Waals surface area contributed by atoms with Crippen LogP contribution < -0.4 is 0 Å². The van der Waals surface area contributed by atoms with Crippen molar-refractivity contribution >= 4 is 16.8 Å². The average Bonchev–Trinajstić information content (AvgIpc) is 2.30. The van der Waals surface area contributed by atoms with Gasteiger partial charge in [0.05, 0.1) is 5.69 Å². The lowest BCUT2D eigenvalue weighted by atomic mass is 10.4. The van der Waals surface area contributed by atoms with Crippen LogP contribution in [0.15, 0.2) is 6.07 Å². The Morgan fingerprint density at radius 3 is 2.82 bits per heavy atom. The maximum Gasteiger partial charge on any atom is 0.270 e. The van der Waals surface area contributed by atoms with Crippen LogP contribution in [-0.2, 0) is 6.54 Å². The number of aryl methyl sites for hydroxylation is 2. The largest absolute Gasteiger partial charge is 0.274 e. The number of carbonyl (C=O) groups is 1. The summed E-state index contributed by atoms with van der Waals surface area (Å²) in [5.74, 6) is 0. The Morgan fingerprint density at radius 2 is 2.45 bits per heavy atom. The highest BCUT2D eigenvalue weighted by atomic mass is 35.5. The van der Waals surface area contributed by atoms with Gasteiger partial charge in [-0.15, -0.1) is 0 Å². The Hall–Kier alpha value is -0.830. The summed E-state index contributed by atoms with van der Waals surface area (Å²) >= 11 is 5.30. The minimum absolute atomic E-state index is 0.451. The molecular formula is C7H9ClN2O. The summed E-state index contributed by atoms with van der Waals surface area (Å²) in [6, 6.07) is 1.68. The molecule has 0 saturated heterocycles. The van der Waals surface area contributed by atoms with E-state index < -0.39 is 5.24 Å². The van der Waals surface area contributed by atoms with Gasteiger partial charge in [-0.2, -0.15) is 5.10 Å². The highest BCUT2D eigenvalue weighted by Crippen LogP contribution is 2.06. The molecule has 60 valence electrons. The first-order chi connectivity index (χ1) is 5.15. The van der Waals surface area contributed by atoms with E-state index >= 15 is 0 Å². The number of aromatic nitrogens is 2. The van der Waals surface area contributed by atoms with Crippen LogP contribution in [0.5, 0.6) is 0 Å². The van der Waals surface area contributed by atoms with Gasteiger partial charge in [0.25, 0.3) is 5.24 Å². The molecule has 0 aliphatic heterocycles. The number of carbonyl (C=O) groups excluding carboxylic acids is 1. The van der Waals surface area contributed by atoms with Gasteiger partial charge in [-0.25, -0.2) is 0 Å². The average molecular weight is 173 g/mol. The fraction of sp³-hybridized carbons (Fsp3) is 0.429. The molecule has 0 fully saturated rings. The zero-order valence-electron chi connectivity index (χ0n) is 6.47. The lowest BCUT2D eigenvalue weighted by molar-refractivity contribution is 0.107. The topological polar surface area (TPSA) is 34.9 Å². The fourth-order valence-electron chi connectivity index (χ4n) is 0.945. The van der Waals surface area contributed by atoms with Crippen molar-refractivity contribution in [3.8, 4) is 0 Å². The summed E-state index contributed by atoms with van der Waals surface area (Å²) in [5.41, 5.74) is 1.28. The first kappa shape index (κ1) is 8.27. The van der Waals surface area contributed by atoms with Crippen LogP contribution in [-0.4, -0.2) is 15.0 Å². The SMILES string of the molecule is CCn1nc(C)cc1C(=O)Cl. The maximum absolute atomic E-state index is 10.7. The predicted molar refractivity (Wildman–Crippen MR) is 42.8 cm³/mol. The molecule has 4 heteroatoms. The molecule has 0 atom stereocenters. The molecule has 0 amide bonds. The van der Waals surface area contributed by atoms with Crippen molar-refractivity contribution in [2.75, 3.05) is 0 Å². The molecule has 0 aliphatic rings. The van der Waals surface area contributed by atoms with E-state index in [4.69, 9.17) is 11.6 Å². The summed E-state index contributed by atoms with van der Waals surface area (Å²) in [5, 5.41) is 3.61. The van der Waals surface area contributed by atoms with Crippen molar-refractivity contribution in [1.82, 2.24) is 9.78 Å². The smallest absolute Gasteiger partial charge is 0.270 e. The number of rotatable bonds is 2. The van der Waals surface area contributed by atoms with E-state index in [2.05, 4.69) is 5.10 Å². The van der Waals surface area contributed by atoms with Gasteiger partial charge in [-0.3, -0.25) is 9.48 Å². The molecule has 0 N–H and O–H groups in total. The summed E-state index contributed by atoms with van der Waals surface area (Å²) < 4.78 is 1.59. The normalized spacial score (nSPS) is 10.1. The van der Waals surface area contributed by atoms with Crippen LogP contribution in [0.3, 0.4) is 0 Å². The third-order valence-corrected chi connectivity index (χ3v) is 1.60. The van der Waals surface area contributed by atoms with E-state index in [-0.39, 0.29) is 0 Å². The van der Waals surface area contributed by atoms with E-state index in [0.717, 1.165) is 5.69 Å². The molecule has 0 radical (unpaired) electrons. The minimum atomic E-state index is -0.451. The highest BCUT2D eigenvalue weighted by Gasteiger charge is 2.09. The third kappa shape index (κ3) is 1.60. The van der Waals surface area contributed by atoms with Crippen molar-refractivity contribution in [2.45, 2.75) is 20.4 Å².